The molecule has 21 heavy (non-hydrogen) atoms. The van der Waals surface area contributed by atoms with Crippen molar-refractivity contribution in [2.75, 3.05) is 12.3 Å². The number of benzene rings is 2. The number of nitrogens with zero attached hydrogens (tertiary/aromatic N) is 1. The van der Waals surface area contributed by atoms with Crippen LogP contribution in [0, 0.1) is 0 Å². The highest BCUT2D eigenvalue weighted by Gasteiger charge is 2.28. The van der Waals surface area contributed by atoms with Crippen LogP contribution in [0.1, 0.15) is 25.3 Å². The lowest BCUT2D eigenvalue weighted by atomic mass is 10.0. The van der Waals surface area contributed by atoms with Gasteiger partial charge in [0.25, 0.3) is 10.1 Å². The van der Waals surface area contributed by atoms with Gasteiger partial charge in [0.1, 0.15) is 6.54 Å². The number of hydrogen-bond acceptors (Lipinski definition) is 2. The maximum absolute atomic E-state index is 10.8. The molecule has 0 aromatic heterocycles. The normalized spacial score (nSPS) is 14.2. The third-order valence-corrected chi connectivity index (χ3v) is 4.81. The molecule has 2 aromatic carbocycles. The summed E-state index contributed by atoms with van der Waals surface area (Å²) in [4.78, 5) is 0. The predicted molar refractivity (Wildman–Crippen MR) is 84.2 cm³/mol. The average Bonchev–Trinajstić information content (AvgIpc) is 2.70. The van der Waals surface area contributed by atoms with Crippen LogP contribution in [0.25, 0.3) is 10.8 Å². The highest BCUT2D eigenvalue weighted by molar-refractivity contribution is 7.85. The quantitative estimate of drug-likeness (QED) is 0.525. The van der Waals surface area contributed by atoms with Crippen LogP contribution in [0.15, 0.2) is 36.4 Å². The molecular formula is C16H18NO3S+. The van der Waals surface area contributed by atoms with Crippen LogP contribution in [0.3, 0.4) is 0 Å². The van der Waals surface area contributed by atoms with Crippen LogP contribution in [0.4, 0.5) is 5.69 Å². The second kappa shape index (κ2) is 5.24. The summed E-state index contributed by atoms with van der Waals surface area (Å²) in [5.41, 5.74) is 3.64. The van der Waals surface area contributed by atoms with Crippen LogP contribution in [-0.4, -0.2) is 35.6 Å². The Bertz CT molecular complexity index is 832. The lowest BCUT2D eigenvalue weighted by Gasteiger charge is -2.02. The first kappa shape index (κ1) is 14.2. The smallest absolute Gasteiger partial charge is 0.264 e. The molecule has 0 fully saturated rings. The molecule has 2 aromatic rings. The van der Waals surface area contributed by atoms with E-state index in [9.17, 15) is 8.42 Å². The maximum Gasteiger partial charge on any atom is 0.264 e. The molecule has 0 amide bonds. The van der Waals surface area contributed by atoms with Gasteiger partial charge < -0.3 is 0 Å². The van der Waals surface area contributed by atoms with Gasteiger partial charge in [-0.3, -0.25) is 4.55 Å². The molecule has 4 nitrogen and oxygen atoms in total. The van der Waals surface area contributed by atoms with Crippen molar-refractivity contribution < 1.29 is 17.5 Å². The molecule has 3 rings (SSSR count). The summed E-state index contributed by atoms with van der Waals surface area (Å²) >= 11 is 0. The van der Waals surface area contributed by atoms with Crippen LogP contribution in [0.5, 0.6) is 0 Å². The van der Waals surface area contributed by atoms with Gasteiger partial charge in [-0.15, -0.1) is 0 Å². The average molecular weight is 304 g/mol. The SMILES string of the molecule is CC1=[N+](CCCCS(=O)(=O)O)c2cccc3cccc1c23. The van der Waals surface area contributed by atoms with E-state index in [-0.39, 0.29) is 5.75 Å². The van der Waals surface area contributed by atoms with Gasteiger partial charge in [0, 0.05) is 19.4 Å². The molecule has 0 atom stereocenters. The Labute approximate surface area is 124 Å². The third kappa shape index (κ3) is 2.71. The molecule has 0 bridgehead atoms. The van der Waals surface area contributed by atoms with Crippen molar-refractivity contribution in [1.82, 2.24) is 0 Å². The van der Waals surface area contributed by atoms with Crippen LogP contribution in [0.2, 0.25) is 0 Å². The van der Waals surface area contributed by atoms with Crippen LogP contribution < -0.4 is 0 Å². The van der Waals surface area contributed by atoms with Crippen molar-refractivity contribution in [2.45, 2.75) is 19.8 Å². The molecule has 0 spiro atoms. The van der Waals surface area contributed by atoms with Gasteiger partial charge in [-0.2, -0.15) is 13.0 Å². The van der Waals surface area contributed by atoms with E-state index in [0.717, 1.165) is 13.0 Å². The van der Waals surface area contributed by atoms with Gasteiger partial charge in [-0.05, 0) is 17.9 Å². The first-order valence-corrected chi connectivity index (χ1v) is 8.67. The van der Waals surface area contributed by atoms with Crippen LogP contribution >= 0.6 is 0 Å². The Balaban J connectivity index is 1.85. The van der Waals surface area contributed by atoms with Crippen molar-refractivity contribution in [2.24, 2.45) is 0 Å². The summed E-state index contributed by atoms with van der Waals surface area (Å²) in [5.74, 6) is -0.170. The number of hydrogen-bond donors (Lipinski definition) is 1. The Morgan fingerprint density at radius 3 is 2.52 bits per heavy atom. The molecule has 0 saturated carbocycles. The summed E-state index contributed by atoms with van der Waals surface area (Å²) in [6.07, 6.45) is 1.19. The van der Waals surface area contributed by atoms with E-state index in [0.29, 0.717) is 6.42 Å². The van der Waals surface area contributed by atoms with E-state index < -0.39 is 10.1 Å². The van der Waals surface area contributed by atoms with Gasteiger partial charge in [0.05, 0.1) is 16.7 Å². The molecule has 0 unspecified atom stereocenters. The van der Waals surface area contributed by atoms with E-state index in [1.807, 2.05) is 6.07 Å². The second-order valence-electron chi connectivity index (χ2n) is 5.41. The van der Waals surface area contributed by atoms with Crippen molar-refractivity contribution in [3.8, 4) is 0 Å². The molecule has 0 aliphatic carbocycles. The van der Waals surface area contributed by atoms with Crippen molar-refractivity contribution >= 4 is 32.3 Å². The molecule has 1 aliphatic heterocycles. The Morgan fingerprint density at radius 1 is 1.10 bits per heavy atom. The van der Waals surface area contributed by atoms with Crippen molar-refractivity contribution in [3.05, 3.63) is 42.0 Å². The first-order valence-electron chi connectivity index (χ1n) is 7.06. The fourth-order valence-electron chi connectivity index (χ4n) is 3.02. The molecule has 0 saturated heterocycles. The van der Waals surface area contributed by atoms with Gasteiger partial charge in [0.15, 0.2) is 5.71 Å². The monoisotopic (exact) mass is 304 g/mol. The molecule has 1 heterocycles. The highest BCUT2D eigenvalue weighted by atomic mass is 32.2. The highest BCUT2D eigenvalue weighted by Crippen LogP contribution is 2.34. The minimum atomic E-state index is -3.85. The van der Waals surface area contributed by atoms with Crippen molar-refractivity contribution in [1.29, 1.82) is 0 Å². The molecule has 0 radical (unpaired) electrons. The fraction of sp³-hybridized carbons (Fsp3) is 0.312. The fourth-order valence-corrected chi connectivity index (χ4v) is 3.59. The van der Waals surface area contributed by atoms with Gasteiger partial charge in [0.2, 0.25) is 5.69 Å². The third-order valence-electron chi connectivity index (χ3n) is 4.00. The molecule has 1 N–H and O–H groups in total. The Kier molecular flexibility index (Phi) is 3.55. The molecule has 5 heteroatoms. The van der Waals surface area contributed by atoms with Gasteiger partial charge >= 0.3 is 0 Å². The largest absolute Gasteiger partial charge is 0.286 e. The van der Waals surface area contributed by atoms with E-state index in [1.165, 1.54) is 27.7 Å². The lowest BCUT2D eigenvalue weighted by molar-refractivity contribution is -0.437. The number of rotatable bonds is 5. The second-order valence-corrected chi connectivity index (χ2v) is 6.98. The summed E-state index contributed by atoms with van der Waals surface area (Å²) in [6, 6.07) is 12.6. The molecular weight excluding hydrogens is 286 g/mol. The predicted octanol–water partition coefficient (Wildman–Crippen LogP) is 2.97. The lowest BCUT2D eigenvalue weighted by Crippen LogP contribution is -2.13. The summed E-state index contributed by atoms with van der Waals surface area (Å²) < 4.78 is 32.5. The van der Waals surface area contributed by atoms with Crippen LogP contribution in [-0.2, 0) is 10.1 Å². The summed E-state index contributed by atoms with van der Waals surface area (Å²) in [6.45, 7) is 2.85. The zero-order chi connectivity index (χ0) is 15.0. The zero-order valence-electron chi connectivity index (χ0n) is 11.9. The van der Waals surface area contributed by atoms with Crippen molar-refractivity contribution in [3.63, 3.8) is 0 Å². The zero-order valence-corrected chi connectivity index (χ0v) is 12.7. The minimum absolute atomic E-state index is 0.170. The first-order chi connectivity index (χ1) is 9.97. The standard InChI is InChI=1S/C16H17NO3S/c1-12-14-8-4-6-13-7-5-9-15(16(13)14)17(12)10-2-3-11-21(18,19)20/h4-9H,2-3,10-11H2,1H3/p+1. The minimum Gasteiger partial charge on any atom is -0.286 e. The van der Waals surface area contributed by atoms with E-state index in [1.54, 1.807) is 0 Å². The molecule has 110 valence electrons. The van der Waals surface area contributed by atoms with E-state index in [2.05, 4.69) is 41.8 Å². The number of unbranched alkanes of at least 4 members (excludes halogenated alkanes) is 1. The van der Waals surface area contributed by atoms with E-state index >= 15 is 0 Å². The topological polar surface area (TPSA) is 57.4 Å². The summed E-state index contributed by atoms with van der Waals surface area (Å²) in [5, 5.41) is 2.50. The van der Waals surface area contributed by atoms with E-state index in [4.69, 9.17) is 4.55 Å². The van der Waals surface area contributed by atoms with Gasteiger partial charge in [-0.1, -0.05) is 24.3 Å². The Morgan fingerprint density at radius 2 is 1.81 bits per heavy atom. The maximum atomic E-state index is 10.8. The molecule has 1 aliphatic rings. The Hall–Kier alpha value is -1.72. The van der Waals surface area contributed by atoms with Gasteiger partial charge in [-0.25, -0.2) is 0 Å². The summed E-state index contributed by atoms with van der Waals surface area (Å²) in [7, 11) is -3.85.